The number of aliphatic hydroxyl groups is 5. The van der Waals surface area contributed by atoms with Crippen LogP contribution < -0.4 is 5.32 Å². The minimum absolute atomic E-state index is 0.190. The molecule has 0 saturated carbocycles. The summed E-state index contributed by atoms with van der Waals surface area (Å²) in [6.45, 7) is 3.69. The smallest absolute Gasteiger partial charge is 0.220 e. The number of carbonyl (C=O) groups excluding carboxylic acids is 1. The van der Waals surface area contributed by atoms with Gasteiger partial charge in [-0.05, 0) is 38.5 Å². The molecule has 1 saturated heterocycles. The quantitative estimate of drug-likeness (QED) is 0.0263. The van der Waals surface area contributed by atoms with Crippen LogP contribution >= 0.6 is 0 Å². The maximum Gasteiger partial charge on any atom is 0.220 e. The van der Waals surface area contributed by atoms with Crippen molar-refractivity contribution in [1.29, 1.82) is 0 Å². The van der Waals surface area contributed by atoms with Crippen LogP contribution in [0, 0.1) is 0 Å². The molecule has 352 valence electrons. The molecule has 1 heterocycles. The number of ether oxygens (including phenoxy) is 2. The largest absolute Gasteiger partial charge is 0.394 e. The zero-order valence-electron chi connectivity index (χ0n) is 38.7. The lowest BCUT2D eigenvalue weighted by Gasteiger charge is -2.40. The highest BCUT2D eigenvalue weighted by molar-refractivity contribution is 5.76. The highest BCUT2D eigenvalue weighted by Gasteiger charge is 2.44. The van der Waals surface area contributed by atoms with Crippen LogP contribution in [0.1, 0.15) is 226 Å². The first-order valence-corrected chi connectivity index (χ1v) is 25.2. The number of nitrogens with one attached hydrogen (secondary N) is 1. The van der Waals surface area contributed by atoms with Crippen molar-refractivity contribution in [2.24, 2.45) is 0 Å². The number of carbonyl (C=O) groups is 1. The summed E-state index contributed by atoms with van der Waals surface area (Å²) < 4.78 is 11.2. The molecule has 0 bridgehead atoms. The van der Waals surface area contributed by atoms with Gasteiger partial charge >= 0.3 is 0 Å². The monoisotopic (exact) mass is 850 g/mol. The molecular formula is C51H95NO8. The van der Waals surface area contributed by atoms with Gasteiger partial charge in [0.05, 0.1) is 25.4 Å². The molecule has 9 heteroatoms. The number of hydrogen-bond acceptors (Lipinski definition) is 8. The third kappa shape index (κ3) is 31.3. The number of rotatable bonds is 42. The summed E-state index contributed by atoms with van der Waals surface area (Å²) in [6, 6.07) is -0.823. The molecule has 1 fully saturated rings. The third-order valence-corrected chi connectivity index (χ3v) is 11.9. The second-order valence-electron chi connectivity index (χ2n) is 17.6. The van der Waals surface area contributed by atoms with E-state index in [9.17, 15) is 30.3 Å². The predicted molar refractivity (Wildman–Crippen MR) is 249 cm³/mol. The van der Waals surface area contributed by atoms with Gasteiger partial charge in [-0.1, -0.05) is 217 Å². The zero-order valence-corrected chi connectivity index (χ0v) is 38.7. The van der Waals surface area contributed by atoms with E-state index in [-0.39, 0.29) is 12.5 Å². The van der Waals surface area contributed by atoms with Crippen LogP contribution in [0.5, 0.6) is 0 Å². The normalized spacial score (nSPS) is 20.8. The van der Waals surface area contributed by atoms with Crippen LogP contribution in [0.4, 0.5) is 0 Å². The molecule has 7 atom stereocenters. The summed E-state index contributed by atoms with van der Waals surface area (Å²) in [5, 5.41) is 54.1. The second kappa shape index (κ2) is 41.4. The van der Waals surface area contributed by atoms with Gasteiger partial charge in [0.15, 0.2) is 6.29 Å². The summed E-state index contributed by atoms with van der Waals surface area (Å²) in [6.07, 6.45) is 45.1. The van der Waals surface area contributed by atoms with Crippen molar-refractivity contribution in [3.63, 3.8) is 0 Å². The SMILES string of the molecule is CCC/C=C/CC/C=C/CC/C=C/C(O)C(COC1OC(CO)C(O)C(O)C1O)NC(=O)CCCCCCCCCCCCCCCCCCCCCCCCCCCC. The number of unbranched alkanes of at least 4 members (excludes halogenated alkanes) is 28. The van der Waals surface area contributed by atoms with E-state index in [0.29, 0.717) is 6.42 Å². The predicted octanol–water partition coefficient (Wildman–Crippen LogP) is 11.2. The second-order valence-corrected chi connectivity index (χ2v) is 17.6. The van der Waals surface area contributed by atoms with Crippen molar-refractivity contribution < 1.29 is 39.8 Å². The highest BCUT2D eigenvalue weighted by atomic mass is 16.7. The Hall–Kier alpha value is -1.59. The van der Waals surface area contributed by atoms with Crippen molar-refractivity contribution in [1.82, 2.24) is 5.32 Å². The number of hydrogen-bond donors (Lipinski definition) is 6. The Morgan fingerprint density at radius 1 is 0.550 bits per heavy atom. The lowest BCUT2D eigenvalue weighted by molar-refractivity contribution is -0.302. The van der Waals surface area contributed by atoms with E-state index in [1.807, 2.05) is 6.08 Å². The first kappa shape index (κ1) is 56.4. The number of aliphatic hydroxyl groups excluding tert-OH is 5. The Morgan fingerprint density at radius 2 is 0.950 bits per heavy atom. The fourth-order valence-electron chi connectivity index (χ4n) is 7.90. The summed E-state index contributed by atoms with van der Waals surface area (Å²) in [5.74, 6) is -0.190. The van der Waals surface area contributed by atoms with Gasteiger partial charge in [-0.15, -0.1) is 0 Å². The molecule has 0 spiro atoms. The third-order valence-electron chi connectivity index (χ3n) is 11.9. The van der Waals surface area contributed by atoms with Gasteiger partial charge in [-0.3, -0.25) is 4.79 Å². The van der Waals surface area contributed by atoms with E-state index in [4.69, 9.17) is 9.47 Å². The summed E-state index contributed by atoms with van der Waals surface area (Å²) in [4.78, 5) is 13.0. The minimum Gasteiger partial charge on any atom is -0.394 e. The maximum atomic E-state index is 13.0. The number of amides is 1. The van der Waals surface area contributed by atoms with Crippen molar-refractivity contribution in [3.05, 3.63) is 36.5 Å². The van der Waals surface area contributed by atoms with Crippen molar-refractivity contribution in [2.45, 2.75) is 269 Å². The summed E-state index contributed by atoms with van der Waals surface area (Å²) in [7, 11) is 0. The van der Waals surface area contributed by atoms with Gasteiger partial charge in [-0.2, -0.15) is 0 Å². The maximum absolute atomic E-state index is 13.0. The van der Waals surface area contributed by atoms with E-state index in [2.05, 4.69) is 43.5 Å². The average molecular weight is 850 g/mol. The molecule has 1 aliphatic rings. The summed E-state index contributed by atoms with van der Waals surface area (Å²) >= 11 is 0. The van der Waals surface area contributed by atoms with E-state index in [1.54, 1.807) is 6.08 Å². The molecule has 0 radical (unpaired) electrons. The van der Waals surface area contributed by atoms with Crippen LogP contribution in [0.3, 0.4) is 0 Å². The van der Waals surface area contributed by atoms with Crippen LogP contribution in [0.15, 0.2) is 36.5 Å². The van der Waals surface area contributed by atoms with E-state index in [0.717, 1.165) is 57.8 Å². The molecule has 60 heavy (non-hydrogen) atoms. The van der Waals surface area contributed by atoms with Gasteiger partial charge in [0.2, 0.25) is 5.91 Å². The first-order valence-electron chi connectivity index (χ1n) is 25.2. The minimum atomic E-state index is -1.57. The molecule has 0 aromatic heterocycles. The van der Waals surface area contributed by atoms with Gasteiger partial charge in [0, 0.05) is 6.42 Å². The fraction of sp³-hybridized carbons (Fsp3) is 0.863. The lowest BCUT2D eigenvalue weighted by Crippen LogP contribution is -2.60. The van der Waals surface area contributed by atoms with Crippen molar-refractivity contribution in [3.8, 4) is 0 Å². The first-order chi connectivity index (χ1) is 29.3. The number of allylic oxidation sites excluding steroid dienone is 5. The van der Waals surface area contributed by atoms with E-state index in [1.165, 1.54) is 148 Å². The molecule has 1 amide bonds. The molecule has 0 aromatic carbocycles. The topological polar surface area (TPSA) is 149 Å². The lowest BCUT2D eigenvalue weighted by atomic mass is 9.99. The Kier molecular flexibility index (Phi) is 39.0. The van der Waals surface area contributed by atoms with E-state index < -0.39 is 49.5 Å². The molecule has 9 nitrogen and oxygen atoms in total. The Labute approximate surface area is 368 Å². The van der Waals surface area contributed by atoms with Crippen LogP contribution in [-0.4, -0.2) is 87.5 Å². The molecule has 7 unspecified atom stereocenters. The molecule has 0 aliphatic carbocycles. The average Bonchev–Trinajstić information content (AvgIpc) is 3.25. The molecule has 1 aliphatic heterocycles. The summed E-state index contributed by atoms with van der Waals surface area (Å²) in [5.41, 5.74) is 0. The molecule has 6 N–H and O–H groups in total. The standard InChI is InChI=1S/C51H95NO8/c1-3-5-7-9-11-13-15-16-17-18-19-20-21-22-23-24-25-26-27-28-29-31-33-35-37-39-41-47(55)52-44(43-59-51-50(58)49(57)48(56)46(42-53)60-51)45(54)40-38-36-34-32-30-14-12-10-8-6-4-2/h8,10,30,32,38,40,44-46,48-51,53-54,56-58H,3-7,9,11-29,31,33-37,39,41-43H2,1-2H3,(H,52,55)/b10-8+,32-30+,40-38+. The molecular weight excluding hydrogens is 755 g/mol. The highest BCUT2D eigenvalue weighted by Crippen LogP contribution is 2.23. The van der Waals surface area contributed by atoms with Crippen molar-refractivity contribution in [2.75, 3.05) is 13.2 Å². The zero-order chi connectivity index (χ0) is 43.7. The van der Waals surface area contributed by atoms with Crippen LogP contribution in [0.2, 0.25) is 0 Å². The molecule has 1 rings (SSSR count). The van der Waals surface area contributed by atoms with Crippen molar-refractivity contribution >= 4 is 5.91 Å². The molecule has 0 aromatic rings. The van der Waals surface area contributed by atoms with Gasteiger partial charge in [-0.25, -0.2) is 0 Å². The van der Waals surface area contributed by atoms with Crippen LogP contribution in [0.25, 0.3) is 0 Å². The Morgan fingerprint density at radius 3 is 1.37 bits per heavy atom. The fourth-order valence-corrected chi connectivity index (χ4v) is 7.90. The Balaban J connectivity index is 2.19. The van der Waals surface area contributed by atoms with E-state index >= 15 is 0 Å². The van der Waals surface area contributed by atoms with Gasteiger partial charge < -0.3 is 40.3 Å². The van der Waals surface area contributed by atoms with Crippen LogP contribution in [-0.2, 0) is 14.3 Å². The Bertz CT molecular complexity index is 1030. The van der Waals surface area contributed by atoms with Gasteiger partial charge in [0.1, 0.15) is 24.4 Å². The van der Waals surface area contributed by atoms with Gasteiger partial charge in [0.25, 0.3) is 0 Å².